The standard InChI is InChI=1S/C19H24N2O2.ClH/c1-11(20)9-16-12(2)15-10-13-5-3-7-21-8-4-6-14(17(13)21)18(15)23-19(16)22;/h10-11H,3-9,20H2,1-2H3;1H. The molecule has 1 atom stereocenters. The van der Waals surface area contributed by atoms with E-state index in [1.54, 1.807) is 0 Å². The van der Waals surface area contributed by atoms with Crippen LogP contribution in [0.4, 0.5) is 5.69 Å². The van der Waals surface area contributed by atoms with Crippen molar-refractivity contribution < 1.29 is 4.42 Å². The number of aryl methyl sites for hydroxylation is 3. The number of rotatable bonds is 2. The molecule has 0 radical (unpaired) electrons. The third-order valence-corrected chi connectivity index (χ3v) is 5.30. The van der Waals surface area contributed by atoms with Gasteiger partial charge >= 0.3 is 5.63 Å². The minimum absolute atomic E-state index is 0. The van der Waals surface area contributed by atoms with Crippen molar-refractivity contribution in [2.75, 3.05) is 18.0 Å². The van der Waals surface area contributed by atoms with Crippen LogP contribution in [0.2, 0.25) is 0 Å². The summed E-state index contributed by atoms with van der Waals surface area (Å²) in [6.45, 7) is 6.21. The fourth-order valence-corrected chi connectivity index (χ4v) is 4.25. The van der Waals surface area contributed by atoms with E-state index in [2.05, 4.69) is 11.0 Å². The second kappa shape index (κ2) is 6.41. The minimum atomic E-state index is -0.212. The Kier molecular flexibility index (Phi) is 4.63. The van der Waals surface area contributed by atoms with Gasteiger partial charge in [-0.15, -0.1) is 12.4 Å². The number of fused-ring (bicyclic) bond motifs is 2. The highest BCUT2D eigenvalue weighted by Gasteiger charge is 2.28. The third-order valence-electron chi connectivity index (χ3n) is 5.30. The van der Waals surface area contributed by atoms with E-state index >= 15 is 0 Å². The first-order valence-corrected chi connectivity index (χ1v) is 8.68. The number of halogens is 1. The molecular weight excluding hydrogens is 324 g/mol. The van der Waals surface area contributed by atoms with Crippen molar-refractivity contribution in [1.82, 2.24) is 0 Å². The van der Waals surface area contributed by atoms with Crippen LogP contribution in [-0.2, 0) is 19.3 Å². The first kappa shape index (κ1) is 17.3. The van der Waals surface area contributed by atoms with Gasteiger partial charge in [-0.05, 0) is 63.1 Å². The summed E-state index contributed by atoms with van der Waals surface area (Å²) >= 11 is 0. The largest absolute Gasteiger partial charge is 0.422 e. The summed E-state index contributed by atoms with van der Waals surface area (Å²) in [5.41, 5.74) is 12.3. The number of hydrogen-bond acceptors (Lipinski definition) is 4. The molecule has 2 aliphatic rings. The van der Waals surface area contributed by atoms with Crippen LogP contribution in [-0.4, -0.2) is 19.1 Å². The zero-order valence-electron chi connectivity index (χ0n) is 14.4. The summed E-state index contributed by atoms with van der Waals surface area (Å²) in [5.74, 6) is 0. The number of benzene rings is 1. The molecule has 0 fully saturated rings. The molecule has 4 rings (SSSR count). The molecule has 0 bridgehead atoms. The van der Waals surface area contributed by atoms with Gasteiger partial charge in [-0.1, -0.05) is 0 Å². The van der Waals surface area contributed by atoms with E-state index in [1.165, 1.54) is 23.2 Å². The van der Waals surface area contributed by atoms with Crippen LogP contribution in [0.5, 0.6) is 0 Å². The van der Waals surface area contributed by atoms with Crippen molar-refractivity contribution >= 4 is 29.1 Å². The number of nitrogens with two attached hydrogens (primary N) is 1. The van der Waals surface area contributed by atoms with E-state index in [1.807, 2.05) is 13.8 Å². The SMILES string of the molecule is Cc1c(CC(C)N)c(=O)oc2c3c4c(cc12)CCCN4CCC3.Cl. The molecule has 1 unspecified atom stereocenters. The second-order valence-corrected chi connectivity index (χ2v) is 7.11. The lowest BCUT2D eigenvalue weighted by atomic mass is 9.88. The molecule has 2 aromatic rings. The van der Waals surface area contributed by atoms with E-state index in [4.69, 9.17) is 10.2 Å². The highest BCUT2D eigenvalue weighted by molar-refractivity contribution is 5.91. The van der Waals surface area contributed by atoms with E-state index in [9.17, 15) is 4.79 Å². The van der Waals surface area contributed by atoms with Crippen LogP contribution < -0.4 is 16.3 Å². The summed E-state index contributed by atoms with van der Waals surface area (Å²) in [7, 11) is 0. The summed E-state index contributed by atoms with van der Waals surface area (Å²) in [6, 6.07) is 2.22. The molecule has 1 aromatic carbocycles. The van der Waals surface area contributed by atoms with Gasteiger partial charge < -0.3 is 15.1 Å². The minimum Gasteiger partial charge on any atom is -0.422 e. The molecule has 0 saturated carbocycles. The quantitative estimate of drug-likeness (QED) is 0.847. The number of anilines is 1. The first-order chi connectivity index (χ1) is 11.1. The maximum Gasteiger partial charge on any atom is 0.339 e. The molecule has 5 heteroatoms. The normalized spacial score (nSPS) is 17.4. The molecule has 0 saturated heterocycles. The molecule has 2 N–H and O–H groups in total. The number of nitrogens with zero attached hydrogens (tertiary/aromatic N) is 1. The summed E-state index contributed by atoms with van der Waals surface area (Å²) in [6.07, 6.45) is 5.04. The van der Waals surface area contributed by atoms with Crippen LogP contribution in [0.25, 0.3) is 11.0 Å². The molecule has 24 heavy (non-hydrogen) atoms. The van der Waals surface area contributed by atoms with Crippen molar-refractivity contribution in [3.05, 3.63) is 38.7 Å². The zero-order chi connectivity index (χ0) is 16.1. The van der Waals surface area contributed by atoms with Crippen LogP contribution in [0, 0.1) is 6.92 Å². The van der Waals surface area contributed by atoms with Gasteiger partial charge in [-0.2, -0.15) is 0 Å². The van der Waals surface area contributed by atoms with Gasteiger partial charge in [-0.25, -0.2) is 4.79 Å². The van der Waals surface area contributed by atoms with Crippen LogP contribution in [0.3, 0.4) is 0 Å². The second-order valence-electron chi connectivity index (χ2n) is 7.11. The van der Waals surface area contributed by atoms with Crippen molar-refractivity contribution in [2.24, 2.45) is 5.73 Å². The molecule has 0 aliphatic carbocycles. The van der Waals surface area contributed by atoms with Gasteiger partial charge in [0.1, 0.15) is 5.58 Å². The van der Waals surface area contributed by atoms with Gasteiger partial charge in [0.15, 0.2) is 0 Å². The Morgan fingerprint density at radius 1 is 1.29 bits per heavy atom. The van der Waals surface area contributed by atoms with Crippen molar-refractivity contribution in [1.29, 1.82) is 0 Å². The Labute approximate surface area is 148 Å². The Morgan fingerprint density at radius 3 is 2.71 bits per heavy atom. The van der Waals surface area contributed by atoms with Gasteiger partial charge in [-0.3, -0.25) is 0 Å². The van der Waals surface area contributed by atoms with Crippen LogP contribution in [0.1, 0.15) is 42.0 Å². The molecular formula is C19H25ClN2O2. The van der Waals surface area contributed by atoms with E-state index in [0.717, 1.165) is 54.4 Å². The van der Waals surface area contributed by atoms with Crippen LogP contribution in [0.15, 0.2) is 15.3 Å². The lowest BCUT2D eigenvalue weighted by molar-refractivity contribution is 0.533. The van der Waals surface area contributed by atoms with Crippen molar-refractivity contribution in [3.8, 4) is 0 Å². The average Bonchev–Trinajstić information content (AvgIpc) is 2.53. The summed E-state index contributed by atoms with van der Waals surface area (Å²) in [4.78, 5) is 15.0. The Bertz CT molecular complexity index is 840. The smallest absolute Gasteiger partial charge is 0.339 e. The Balaban J connectivity index is 0.00000169. The number of hydrogen-bond donors (Lipinski definition) is 1. The van der Waals surface area contributed by atoms with Crippen molar-refractivity contribution in [3.63, 3.8) is 0 Å². The highest BCUT2D eigenvalue weighted by Crippen LogP contribution is 2.40. The lowest BCUT2D eigenvalue weighted by Crippen LogP contribution is -2.34. The fraction of sp³-hybridized carbons (Fsp3) is 0.526. The predicted molar refractivity (Wildman–Crippen MR) is 101 cm³/mol. The third kappa shape index (κ3) is 2.62. The lowest BCUT2D eigenvalue weighted by Gasteiger charge is -2.37. The molecule has 0 amide bonds. The topological polar surface area (TPSA) is 59.5 Å². The zero-order valence-corrected chi connectivity index (χ0v) is 15.2. The molecule has 4 nitrogen and oxygen atoms in total. The van der Waals surface area contributed by atoms with Gasteiger partial charge in [0.2, 0.25) is 0 Å². The van der Waals surface area contributed by atoms with E-state index < -0.39 is 0 Å². The van der Waals surface area contributed by atoms with Gasteiger partial charge in [0, 0.05) is 41.3 Å². The Morgan fingerprint density at radius 2 is 2.00 bits per heavy atom. The monoisotopic (exact) mass is 348 g/mol. The maximum atomic E-state index is 12.5. The first-order valence-electron chi connectivity index (χ1n) is 8.68. The van der Waals surface area contributed by atoms with E-state index in [-0.39, 0.29) is 24.1 Å². The summed E-state index contributed by atoms with van der Waals surface area (Å²) in [5, 5.41) is 1.11. The molecule has 130 valence electrons. The van der Waals surface area contributed by atoms with Crippen molar-refractivity contribution in [2.45, 2.75) is 52.0 Å². The molecule has 1 aromatic heterocycles. The highest BCUT2D eigenvalue weighted by atomic mass is 35.5. The maximum absolute atomic E-state index is 12.5. The Hall–Kier alpha value is -1.52. The molecule has 3 heterocycles. The van der Waals surface area contributed by atoms with Gasteiger partial charge in [0.25, 0.3) is 0 Å². The summed E-state index contributed by atoms with van der Waals surface area (Å²) < 4.78 is 5.81. The average molecular weight is 349 g/mol. The molecule has 2 aliphatic heterocycles. The van der Waals surface area contributed by atoms with Gasteiger partial charge in [0.05, 0.1) is 0 Å². The fourth-order valence-electron chi connectivity index (χ4n) is 4.25. The predicted octanol–water partition coefficient (Wildman–Crippen LogP) is 3.11. The van der Waals surface area contributed by atoms with Crippen LogP contribution >= 0.6 is 12.4 Å². The van der Waals surface area contributed by atoms with E-state index in [0.29, 0.717) is 6.42 Å². The molecule has 0 spiro atoms.